The van der Waals surface area contributed by atoms with Gasteiger partial charge in [-0.1, -0.05) is 0 Å². The summed E-state index contributed by atoms with van der Waals surface area (Å²) < 4.78 is 2.05. The predicted octanol–water partition coefficient (Wildman–Crippen LogP) is 0.907. The van der Waals surface area contributed by atoms with Gasteiger partial charge in [0.1, 0.15) is 0 Å². The molecule has 0 saturated carbocycles. The van der Waals surface area contributed by atoms with E-state index in [2.05, 4.69) is 41.0 Å². The van der Waals surface area contributed by atoms with Crippen molar-refractivity contribution in [3.05, 3.63) is 18.2 Å². The zero-order chi connectivity index (χ0) is 12.9. The third-order valence-electron chi connectivity index (χ3n) is 2.33. The fraction of sp³-hybridized carbons (Fsp3) is 0.667. The average Bonchev–Trinajstić information content (AvgIpc) is 2.61. The fourth-order valence-corrected chi connectivity index (χ4v) is 1.40. The summed E-state index contributed by atoms with van der Waals surface area (Å²) in [6.07, 6.45) is 3.65. The second-order valence-corrected chi connectivity index (χ2v) is 5.16. The maximum absolute atomic E-state index is 10.8. The normalized spacial score (nSPS) is 11.5. The molecule has 5 nitrogen and oxygen atoms in total. The largest absolute Gasteiger partial charge is 0.355 e. The van der Waals surface area contributed by atoms with Gasteiger partial charge < -0.3 is 15.2 Å². The number of aromatic nitrogens is 2. The predicted molar refractivity (Wildman–Crippen MR) is 67.5 cm³/mol. The zero-order valence-corrected chi connectivity index (χ0v) is 11.1. The lowest BCUT2D eigenvalue weighted by molar-refractivity contribution is -0.118. The number of nitrogens with zero attached hydrogens (tertiary/aromatic N) is 2. The Bertz CT molecular complexity index is 365. The number of hydrogen-bond donors (Lipinski definition) is 2. The van der Waals surface area contributed by atoms with Crippen LogP contribution in [-0.2, 0) is 17.9 Å². The Labute approximate surface area is 103 Å². The average molecular weight is 238 g/mol. The van der Waals surface area contributed by atoms with Gasteiger partial charge in [0.15, 0.2) is 0 Å². The van der Waals surface area contributed by atoms with Crippen LogP contribution in [0, 0.1) is 0 Å². The first-order chi connectivity index (χ1) is 7.88. The molecule has 0 spiro atoms. The van der Waals surface area contributed by atoms with Crippen LogP contribution < -0.4 is 10.6 Å². The SMILES string of the molecule is CC(=O)NCCn1cncc1CNC(C)(C)C. The zero-order valence-electron chi connectivity index (χ0n) is 11.1. The van der Waals surface area contributed by atoms with Crippen LogP contribution in [0.5, 0.6) is 0 Å². The van der Waals surface area contributed by atoms with Crippen LogP contribution in [0.4, 0.5) is 0 Å². The van der Waals surface area contributed by atoms with E-state index in [1.165, 1.54) is 6.92 Å². The van der Waals surface area contributed by atoms with Crippen molar-refractivity contribution in [2.75, 3.05) is 6.54 Å². The highest BCUT2D eigenvalue weighted by Crippen LogP contribution is 2.04. The summed E-state index contributed by atoms with van der Waals surface area (Å²) in [6, 6.07) is 0. The van der Waals surface area contributed by atoms with Crippen molar-refractivity contribution in [3.63, 3.8) is 0 Å². The van der Waals surface area contributed by atoms with E-state index in [4.69, 9.17) is 0 Å². The van der Waals surface area contributed by atoms with Crippen LogP contribution in [0.25, 0.3) is 0 Å². The Balaban J connectivity index is 2.45. The van der Waals surface area contributed by atoms with E-state index in [-0.39, 0.29) is 11.4 Å². The summed E-state index contributed by atoms with van der Waals surface area (Å²) in [5.41, 5.74) is 1.22. The number of amides is 1. The fourth-order valence-electron chi connectivity index (χ4n) is 1.40. The van der Waals surface area contributed by atoms with Crippen LogP contribution in [0.15, 0.2) is 12.5 Å². The number of nitrogens with one attached hydrogen (secondary N) is 2. The molecule has 1 heterocycles. The molecule has 17 heavy (non-hydrogen) atoms. The Morgan fingerprint density at radius 1 is 1.47 bits per heavy atom. The van der Waals surface area contributed by atoms with Crippen molar-refractivity contribution in [2.24, 2.45) is 0 Å². The van der Waals surface area contributed by atoms with Crippen LogP contribution in [0.2, 0.25) is 0 Å². The number of hydrogen-bond acceptors (Lipinski definition) is 3. The first-order valence-electron chi connectivity index (χ1n) is 5.87. The maximum atomic E-state index is 10.8. The van der Waals surface area contributed by atoms with Gasteiger partial charge in [-0.15, -0.1) is 0 Å². The molecule has 96 valence electrons. The van der Waals surface area contributed by atoms with E-state index in [0.29, 0.717) is 6.54 Å². The molecule has 0 aliphatic rings. The van der Waals surface area contributed by atoms with Crippen molar-refractivity contribution >= 4 is 5.91 Å². The van der Waals surface area contributed by atoms with Gasteiger partial charge in [0, 0.05) is 38.3 Å². The third-order valence-corrected chi connectivity index (χ3v) is 2.33. The summed E-state index contributed by atoms with van der Waals surface area (Å²) >= 11 is 0. The van der Waals surface area contributed by atoms with Gasteiger partial charge in [0.25, 0.3) is 0 Å². The van der Waals surface area contributed by atoms with Gasteiger partial charge >= 0.3 is 0 Å². The van der Waals surface area contributed by atoms with E-state index < -0.39 is 0 Å². The van der Waals surface area contributed by atoms with Crippen molar-refractivity contribution in [1.29, 1.82) is 0 Å². The lowest BCUT2D eigenvalue weighted by Gasteiger charge is -2.21. The van der Waals surface area contributed by atoms with Crippen LogP contribution in [0.3, 0.4) is 0 Å². The van der Waals surface area contributed by atoms with E-state index in [9.17, 15) is 4.79 Å². The molecule has 0 aliphatic carbocycles. The molecule has 0 aliphatic heterocycles. The Hall–Kier alpha value is -1.36. The summed E-state index contributed by atoms with van der Waals surface area (Å²) in [4.78, 5) is 14.9. The van der Waals surface area contributed by atoms with Gasteiger partial charge in [-0.2, -0.15) is 0 Å². The molecule has 1 amide bonds. The molecule has 1 aromatic heterocycles. The van der Waals surface area contributed by atoms with Gasteiger partial charge in [0.2, 0.25) is 5.91 Å². The number of carbonyl (C=O) groups is 1. The first-order valence-corrected chi connectivity index (χ1v) is 5.87. The summed E-state index contributed by atoms with van der Waals surface area (Å²) in [7, 11) is 0. The van der Waals surface area contributed by atoms with Crippen molar-refractivity contribution < 1.29 is 4.79 Å². The van der Waals surface area contributed by atoms with E-state index >= 15 is 0 Å². The Morgan fingerprint density at radius 2 is 2.18 bits per heavy atom. The first kappa shape index (κ1) is 13.7. The molecule has 2 N–H and O–H groups in total. The molecule has 0 unspecified atom stereocenters. The molecule has 0 radical (unpaired) electrons. The van der Waals surface area contributed by atoms with Crippen molar-refractivity contribution in [2.45, 2.75) is 46.3 Å². The number of imidazole rings is 1. The summed E-state index contributed by atoms with van der Waals surface area (Å²) in [5, 5.41) is 6.19. The quantitative estimate of drug-likeness (QED) is 0.801. The topological polar surface area (TPSA) is 59.0 Å². The maximum Gasteiger partial charge on any atom is 0.216 e. The second kappa shape index (κ2) is 5.82. The molecule has 1 rings (SSSR count). The molecule has 1 aromatic rings. The Morgan fingerprint density at radius 3 is 2.76 bits per heavy atom. The standard InChI is InChI=1S/C12H22N4O/c1-10(17)14-5-6-16-9-13-7-11(16)8-15-12(2,3)4/h7,9,15H,5-6,8H2,1-4H3,(H,14,17). The molecule has 5 heteroatoms. The molecule has 0 atom stereocenters. The highest BCUT2D eigenvalue weighted by Gasteiger charge is 2.10. The molecule has 0 fully saturated rings. The van der Waals surface area contributed by atoms with Crippen molar-refractivity contribution in [3.8, 4) is 0 Å². The van der Waals surface area contributed by atoms with Gasteiger partial charge in [-0.3, -0.25) is 4.79 Å². The lowest BCUT2D eigenvalue weighted by atomic mass is 10.1. The minimum atomic E-state index is -0.000480. The highest BCUT2D eigenvalue weighted by molar-refractivity contribution is 5.72. The number of carbonyl (C=O) groups excluding carboxylic acids is 1. The van der Waals surface area contributed by atoms with Crippen LogP contribution in [-0.4, -0.2) is 27.5 Å². The Kier molecular flexibility index (Phi) is 4.69. The minimum absolute atomic E-state index is 0.000480. The third kappa shape index (κ3) is 5.49. The van der Waals surface area contributed by atoms with Gasteiger partial charge in [-0.05, 0) is 20.8 Å². The van der Waals surface area contributed by atoms with Gasteiger partial charge in [-0.25, -0.2) is 4.98 Å². The van der Waals surface area contributed by atoms with Crippen molar-refractivity contribution in [1.82, 2.24) is 20.2 Å². The molecular formula is C12H22N4O. The number of rotatable bonds is 5. The molecule has 0 saturated heterocycles. The van der Waals surface area contributed by atoms with Crippen LogP contribution in [0.1, 0.15) is 33.4 Å². The monoisotopic (exact) mass is 238 g/mol. The summed E-state index contributed by atoms with van der Waals surface area (Å²) in [5.74, 6) is -0.000480. The molecule has 0 aromatic carbocycles. The summed E-state index contributed by atoms with van der Waals surface area (Å²) in [6.45, 7) is 10.1. The van der Waals surface area contributed by atoms with E-state index in [1.54, 1.807) is 6.33 Å². The second-order valence-electron chi connectivity index (χ2n) is 5.16. The van der Waals surface area contributed by atoms with Crippen LogP contribution >= 0.6 is 0 Å². The van der Waals surface area contributed by atoms with E-state index in [1.807, 2.05) is 6.20 Å². The highest BCUT2D eigenvalue weighted by atomic mass is 16.1. The molecular weight excluding hydrogens is 216 g/mol. The van der Waals surface area contributed by atoms with Gasteiger partial charge in [0.05, 0.1) is 12.0 Å². The lowest BCUT2D eigenvalue weighted by Crippen LogP contribution is -2.36. The van der Waals surface area contributed by atoms with E-state index in [0.717, 1.165) is 18.8 Å². The minimum Gasteiger partial charge on any atom is -0.355 e. The smallest absolute Gasteiger partial charge is 0.216 e. The molecule has 0 bridgehead atoms.